The summed E-state index contributed by atoms with van der Waals surface area (Å²) in [5, 5.41) is 11.8. The standard InChI is InChI=1S/C12H21NO4S2/c14-11(13-6-7-17-9-12(15)16)4-2-1-3-10-5-8-18-19-10/h10H,1-9H2,(H,13,14)(H,15,16). The predicted octanol–water partition coefficient (Wildman–Crippen LogP) is 1.92. The summed E-state index contributed by atoms with van der Waals surface area (Å²) in [7, 11) is 3.92. The fourth-order valence-corrected chi connectivity index (χ4v) is 4.76. The Kier molecular flexibility index (Phi) is 9.11. The van der Waals surface area contributed by atoms with Gasteiger partial charge < -0.3 is 15.2 Å². The summed E-state index contributed by atoms with van der Waals surface area (Å²) in [4.78, 5) is 21.6. The first kappa shape index (κ1) is 16.7. The number of carboxylic acids is 1. The second-order valence-electron chi connectivity index (χ2n) is 4.37. The Hall–Kier alpha value is -0.400. The number of unbranched alkanes of at least 4 members (excludes halogenated alkanes) is 1. The highest BCUT2D eigenvalue weighted by atomic mass is 33.1. The van der Waals surface area contributed by atoms with Crippen molar-refractivity contribution in [3.8, 4) is 0 Å². The second kappa shape index (κ2) is 10.4. The van der Waals surface area contributed by atoms with Crippen molar-refractivity contribution in [1.29, 1.82) is 0 Å². The molecule has 0 saturated carbocycles. The van der Waals surface area contributed by atoms with Gasteiger partial charge in [-0.1, -0.05) is 28.0 Å². The molecule has 0 aliphatic carbocycles. The van der Waals surface area contributed by atoms with Crippen LogP contribution in [0.5, 0.6) is 0 Å². The van der Waals surface area contributed by atoms with Crippen LogP contribution in [0.3, 0.4) is 0 Å². The monoisotopic (exact) mass is 307 g/mol. The number of hydrogen-bond donors (Lipinski definition) is 2. The summed E-state index contributed by atoms with van der Waals surface area (Å²) in [6, 6.07) is 0. The Morgan fingerprint density at radius 3 is 2.89 bits per heavy atom. The van der Waals surface area contributed by atoms with Gasteiger partial charge in [0.1, 0.15) is 6.61 Å². The van der Waals surface area contributed by atoms with E-state index in [1.165, 1.54) is 18.6 Å². The van der Waals surface area contributed by atoms with Crippen LogP contribution in [0, 0.1) is 0 Å². The van der Waals surface area contributed by atoms with Gasteiger partial charge in [0.05, 0.1) is 6.61 Å². The molecule has 1 aliphatic rings. The largest absolute Gasteiger partial charge is 0.480 e. The lowest BCUT2D eigenvalue weighted by Gasteiger charge is -2.07. The highest BCUT2D eigenvalue weighted by molar-refractivity contribution is 8.77. The Bertz CT molecular complexity index is 283. The van der Waals surface area contributed by atoms with E-state index in [0.717, 1.165) is 18.1 Å². The van der Waals surface area contributed by atoms with Crippen LogP contribution in [0.25, 0.3) is 0 Å². The number of hydrogen-bond acceptors (Lipinski definition) is 5. The van der Waals surface area contributed by atoms with Crippen molar-refractivity contribution >= 4 is 33.5 Å². The lowest BCUT2D eigenvalue weighted by molar-refractivity contribution is -0.142. The van der Waals surface area contributed by atoms with Crippen LogP contribution in [0.15, 0.2) is 0 Å². The summed E-state index contributed by atoms with van der Waals surface area (Å²) < 4.78 is 4.82. The van der Waals surface area contributed by atoms with Crippen molar-refractivity contribution < 1.29 is 19.4 Å². The maximum atomic E-state index is 11.4. The van der Waals surface area contributed by atoms with Crippen LogP contribution in [-0.2, 0) is 14.3 Å². The molecule has 1 aliphatic heterocycles. The highest BCUT2D eigenvalue weighted by Crippen LogP contribution is 2.39. The minimum Gasteiger partial charge on any atom is -0.480 e. The Morgan fingerprint density at radius 2 is 2.21 bits per heavy atom. The minimum atomic E-state index is -0.991. The summed E-state index contributed by atoms with van der Waals surface area (Å²) >= 11 is 0. The van der Waals surface area contributed by atoms with E-state index in [-0.39, 0.29) is 19.1 Å². The normalized spacial score (nSPS) is 18.4. The molecule has 0 bridgehead atoms. The molecule has 1 atom stereocenters. The molecule has 0 aromatic heterocycles. The molecule has 110 valence electrons. The third kappa shape index (κ3) is 9.18. The summed E-state index contributed by atoms with van der Waals surface area (Å²) in [6.07, 6.45) is 5.06. The Morgan fingerprint density at radius 1 is 1.37 bits per heavy atom. The SMILES string of the molecule is O=C(O)COCCNC(=O)CCCCC1CCSS1. The van der Waals surface area contributed by atoms with Gasteiger partial charge in [-0.05, 0) is 19.3 Å². The molecule has 0 radical (unpaired) electrons. The summed E-state index contributed by atoms with van der Waals surface area (Å²) in [5.41, 5.74) is 0. The average molecular weight is 307 g/mol. The maximum absolute atomic E-state index is 11.4. The highest BCUT2D eigenvalue weighted by Gasteiger charge is 2.15. The average Bonchev–Trinajstić information content (AvgIpc) is 2.87. The first-order chi connectivity index (χ1) is 9.18. The van der Waals surface area contributed by atoms with Gasteiger partial charge in [-0.3, -0.25) is 4.79 Å². The smallest absolute Gasteiger partial charge is 0.329 e. The lowest BCUT2D eigenvalue weighted by Crippen LogP contribution is -2.27. The first-order valence-corrected chi connectivity index (χ1v) is 8.91. The van der Waals surface area contributed by atoms with Gasteiger partial charge in [-0.15, -0.1) is 0 Å². The first-order valence-electron chi connectivity index (χ1n) is 6.53. The lowest BCUT2D eigenvalue weighted by atomic mass is 10.1. The molecular weight excluding hydrogens is 286 g/mol. The number of carbonyl (C=O) groups is 2. The van der Waals surface area contributed by atoms with E-state index in [1.807, 2.05) is 21.6 Å². The van der Waals surface area contributed by atoms with Crippen LogP contribution in [0.1, 0.15) is 32.1 Å². The van der Waals surface area contributed by atoms with E-state index in [1.54, 1.807) is 0 Å². The van der Waals surface area contributed by atoms with Crippen molar-refractivity contribution in [3.05, 3.63) is 0 Å². The van der Waals surface area contributed by atoms with Crippen LogP contribution in [0.4, 0.5) is 0 Å². The third-order valence-corrected chi connectivity index (χ3v) is 5.71. The molecule has 2 N–H and O–H groups in total. The number of amides is 1. The van der Waals surface area contributed by atoms with Gasteiger partial charge in [0, 0.05) is 24.0 Å². The zero-order valence-electron chi connectivity index (χ0n) is 10.9. The molecule has 0 aromatic rings. The molecule has 1 fully saturated rings. The number of ether oxygens (including phenoxy) is 1. The molecule has 19 heavy (non-hydrogen) atoms. The molecule has 5 nitrogen and oxygen atoms in total. The van der Waals surface area contributed by atoms with Crippen molar-refractivity contribution in [3.63, 3.8) is 0 Å². The summed E-state index contributed by atoms with van der Waals surface area (Å²) in [5.74, 6) is 0.285. The molecule has 1 heterocycles. The number of rotatable bonds is 10. The van der Waals surface area contributed by atoms with Gasteiger partial charge in [0.2, 0.25) is 5.91 Å². The fraction of sp³-hybridized carbons (Fsp3) is 0.833. The summed E-state index contributed by atoms with van der Waals surface area (Å²) in [6.45, 7) is 0.308. The molecule has 1 saturated heterocycles. The molecular formula is C12H21NO4S2. The van der Waals surface area contributed by atoms with Crippen molar-refractivity contribution in [2.75, 3.05) is 25.5 Å². The van der Waals surface area contributed by atoms with E-state index < -0.39 is 5.97 Å². The Balaban J connectivity index is 1.86. The van der Waals surface area contributed by atoms with Gasteiger partial charge in [0.25, 0.3) is 0 Å². The predicted molar refractivity (Wildman–Crippen MR) is 78.4 cm³/mol. The van der Waals surface area contributed by atoms with Gasteiger partial charge in [-0.25, -0.2) is 4.79 Å². The van der Waals surface area contributed by atoms with E-state index in [2.05, 4.69) is 5.32 Å². The molecule has 7 heteroatoms. The molecule has 1 unspecified atom stereocenters. The second-order valence-corrected chi connectivity index (χ2v) is 7.16. The molecule has 1 amide bonds. The van der Waals surface area contributed by atoms with Gasteiger partial charge >= 0.3 is 5.97 Å². The van der Waals surface area contributed by atoms with Gasteiger partial charge in [-0.2, -0.15) is 0 Å². The molecule has 0 spiro atoms. The van der Waals surface area contributed by atoms with Crippen molar-refractivity contribution in [2.24, 2.45) is 0 Å². The van der Waals surface area contributed by atoms with Gasteiger partial charge in [0.15, 0.2) is 0 Å². The number of carbonyl (C=O) groups excluding carboxylic acids is 1. The number of nitrogens with one attached hydrogen (secondary N) is 1. The third-order valence-electron chi connectivity index (χ3n) is 2.70. The van der Waals surface area contributed by atoms with Crippen LogP contribution in [-0.4, -0.2) is 47.7 Å². The van der Waals surface area contributed by atoms with Crippen LogP contribution < -0.4 is 5.32 Å². The Labute approximate surface area is 121 Å². The van der Waals surface area contributed by atoms with E-state index in [4.69, 9.17) is 9.84 Å². The zero-order valence-corrected chi connectivity index (χ0v) is 12.6. The van der Waals surface area contributed by atoms with E-state index >= 15 is 0 Å². The van der Waals surface area contributed by atoms with Crippen molar-refractivity contribution in [2.45, 2.75) is 37.4 Å². The zero-order chi connectivity index (χ0) is 13.9. The minimum absolute atomic E-state index is 0.0207. The van der Waals surface area contributed by atoms with E-state index in [0.29, 0.717) is 13.0 Å². The maximum Gasteiger partial charge on any atom is 0.329 e. The molecule has 0 aromatic carbocycles. The number of carboxylic acid groups (broad SMARTS) is 1. The topological polar surface area (TPSA) is 75.6 Å². The van der Waals surface area contributed by atoms with Crippen LogP contribution in [0.2, 0.25) is 0 Å². The quantitative estimate of drug-likeness (QED) is 0.474. The number of aliphatic carboxylic acids is 1. The molecule has 1 rings (SSSR count). The van der Waals surface area contributed by atoms with Crippen LogP contribution >= 0.6 is 21.6 Å². The van der Waals surface area contributed by atoms with Crippen molar-refractivity contribution in [1.82, 2.24) is 5.32 Å². The van der Waals surface area contributed by atoms with E-state index in [9.17, 15) is 9.59 Å². The fourth-order valence-electron chi connectivity index (χ4n) is 1.73.